The maximum absolute atomic E-state index is 13.5. The highest BCUT2D eigenvalue weighted by atomic mass is 19.1. The van der Waals surface area contributed by atoms with E-state index in [1.807, 2.05) is 35.0 Å². The molecule has 1 amide bonds. The Labute approximate surface area is 198 Å². The van der Waals surface area contributed by atoms with Crippen molar-refractivity contribution < 1.29 is 23.5 Å². The predicted octanol–water partition coefficient (Wildman–Crippen LogP) is 4.50. The first kappa shape index (κ1) is 23.5. The molecule has 0 saturated carbocycles. The van der Waals surface area contributed by atoms with Crippen molar-refractivity contribution in [3.05, 3.63) is 72.2 Å². The number of carbonyl (C=O) groups excluding carboxylic acids is 2. The van der Waals surface area contributed by atoms with Crippen LogP contribution in [0, 0.1) is 5.82 Å². The highest BCUT2D eigenvalue weighted by Crippen LogP contribution is 2.30. The summed E-state index contributed by atoms with van der Waals surface area (Å²) in [5.74, 6) is -0.234. The van der Waals surface area contributed by atoms with E-state index in [1.54, 1.807) is 36.9 Å². The number of piperidine rings is 1. The summed E-state index contributed by atoms with van der Waals surface area (Å²) in [6.07, 6.45) is 0.748. The minimum Gasteiger partial charge on any atom is -0.481 e. The molecule has 1 aromatic heterocycles. The number of aromatic nitrogens is 2. The number of halogens is 1. The molecule has 178 valence electrons. The van der Waals surface area contributed by atoms with Crippen molar-refractivity contribution in [1.82, 2.24) is 14.7 Å². The van der Waals surface area contributed by atoms with E-state index >= 15 is 0 Å². The van der Waals surface area contributed by atoms with Crippen molar-refractivity contribution in [3.63, 3.8) is 0 Å². The molecule has 1 fully saturated rings. The van der Waals surface area contributed by atoms with Crippen LogP contribution in [0.4, 0.5) is 4.39 Å². The fourth-order valence-electron chi connectivity index (χ4n) is 4.16. The van der Waals surface area contributed by atoms with Crippen LogP contribution in [0.15, 0.2) is 60.7 Å². The maximum atomic E-state index is 13.5. The Morgan fingerprint density at radius 2 is 1.76 bits per heavy atom. The molecule has 3 aromatic rings. The summed E-state index contributed by atoms with van der Waals surface area (Å²) in [6.45, 7) is 4.84. The largest absolute Gasteiger partial charge is 0.481 e. The van der Waals surface area contributed by atoms with Gasteiger partial charge in [-0.3, -0.25) is 9.48 Å². The third-order valence-electron chi connectivity index (χ3n) is 5.89. The normalized spacial score (nSPS) is 15.1. The molecule has 34 heavy (non-hydrogen) atoms. The zero-order chi connectivity index (χ0) is 24.1. The van der Waals surface area contributed by atoms with Crippen LogP contribution in [-0.2, 0) is 9.53 Å². The molecule has 2 heterocycles. The minimum absolute atomic E-state index is 0.0161. The molecule has 1 aliphatic heterocycles. The number of esters is 1. The van der Waals surface area contributed by atoms with Crippen LogP contribution in [-0.4, -0.2) is 52.4 Å². The maximum Gasteiger partial charge on any atom is 0.358 e. The summed E-state index contributed by atoms with van der Waals surface area (Å²) in [6, 6.07) is 17.0. The van der Waals surface area contributed by atoms with E-state index in [4.69, 9.17) is 9.47 Å². The Kier molecular flexibility index (Phi) is 7.25. The smallest absolute Gasteiger partial charge is 0.358 e. The zero-order valence-corrected chi connectivity index (χ0v) is 19.3. The summed E-state index contributed by atoms with van der Waals surface area (Å²) in [7, 11) is 0. The minimum atomic E-state index is -0.589. The van der Waals surface area contributed by atoms with E-state index in [0.717, 1.165) is 5.56 Å². The SMILES string of the molecule is CCOC(=O)c1cc(-c2ccc(F)cc2)n(C2CCN(C(=O)C(C)Oc3ccccc3)CC2)n1. The molecular weight excluding hydrogens is 437 g/mol. The van der Waals surface area contributed by atoms with Gasteiger partial charge in [0.25, 0.3) is 5.91 Å². The molecule has 1 aliphatic rings. The summed E-state index contributed by atoms with van der Waals surface area (Å²) in [4.78, 5) is 27.0. The van der Waals surface area contributed by atoms with Gasteiger partial charge < -0.3 is 14.4 Å². The Morgan fingerprint density at radius 1 is 1.09 bits per heavy atom. The predicted molar refractivity (Wildman–Crippen MR) is 125 cm³/mol. The third-order valence-corrected chi connectivity index (χ3v) is 5.89. The first-order valence-corrected chi connectivity index (χ1v) is 11.5. The molecule has 0 aliphatic carbocycles. The van der Waals surface area contributed by atoms with Crippen molar-refractivity contribution in [2.45, 2.75) is 38.8 Å². The molecule has 8 heteroatoms. The standard InChI is InChI=1S/C26H28FN3O4/c1-3-33-26(32)23-17-24(19-9-11-20(27)12-10-19)30(28-23)21-13-15-29(16-14-21)25(31)18(2)34-22-7-5-4-6-8-22/h4-12,17-18,21H,3,13-16H2,1-2H3. The quantitative estimate of drug-likeness (QED) is 0.481. The molecule has 0 bridgehead atoms. The van der Waals surface area contributed by atoms with Crippen LogP contribution in [0.2, 0.25) is 0 Å². The van der Waals surface area contributed by atoms with Crippen molar-refractivity contribution >= 4 is 11.9 Å². The second-order valence-corrected chi connectivity index (χ2v) is 8.22. The number of hydrogen-bond acceptors (Lipinski definition) is 5. The molecule has 4 rings (SSSR count). The van der Waals surface area contributed by atoms with Crippen LogP contribution in [0.25, 0.3) is 11.3 Å². The average Bonchev–Trinajstić information content (AvgIpc) is 3.30. The number of amides is 1. The number of carbonyl (C=O) groups is 2. The van der Waals surface area contributed by atoms with Gasteiger partial charge in [0.15, 0.2) is 11.8 Å². The Bertz CT molecular complexity index is 1120. The highest BCUT2D eigenvalue weighted by Gasteiger charge is 2.30. The molecule has 0 radical (unpaired) electrons. The molecule has 1 atom stereocenters. The van der Waals surface area contributed by atoms with Crippen LogP contribution >= 0.6 is 0 Å². The number of likely N-dealkylation sites (tertiary alicyclic amines) is 1. The van der Waals surface area contributed by atoms with Gasteiger partial charge in [-0.2, -0.15) is 5.10 Å². The number of para-hydroxylation sites is 1. The van der Waals surface area contributed by atoms with Crippen molar-refractivity contribution in [2.24, 2.45) is 0 Å². The number of rotatable bonds is 7. The van der Waals surface area contributed by atoms with Crippen LogP contribution in [0.5, 0.6) is 5.75 Å². The summed E-state index contributed by atoms with van der Waals surface area (Å²) < 4.78 is 26.2. The summed E-state index contributed by atoms with van der Waals surface area (Å²) in [5.41, 5.74) is 1.69. The highest BCUT2D eigenvalue weighted by molar-refractivity contribution is 5.88. The molecule has 0 N–H and O–H groups in total. The van der Waals surface area contributed by atoms with E-state index in [-0.39, 0.29) is 30.1 Å². The van der Waals surface area contributed by atoms with Gasteiger partial charge >= 0.3 is 5.97 Å². The van der Waals surface area contributed by atoms with Crippen LogP contribution < -0.4 is 4.74 Å². The topological polar surface area (TPSA) is 73.7 Å². The van der Waals surface area contributed by atoms with Gasteiger partial charge in [0, 0.05) is 18.7 Å². The summed E-state index contributed by atoms with van der Waals surface area (Å²) >= 11 is 0. The fourth-order valence-corrected chi connectivity index (χ4v) is 4.16. The molecule has 1 unspecified atom stereocenters. The lowest BCUT2D eigenvalue weighted by Gasteiger charge is -2.34. The van der Waals surface area contributed by atoms with Crippen molar-refractivity contribution in [2.75, 3.05) is 19.7 Å². The Morgan fingerprint density at radius 3 is 2.41 bits per heavy atom. The Hall–Kier alpha value is -3.68. The first-order chi connectivity index (χ1) is 16.5. The lowest BCUT2D eigenvalue weighted by atomic mass is 10.0. The lowest BCUT2D eigenvalue weighted by Crippen LogP contribution is -2.45. The van der Waals surface area contributed by atoms with Gasteiger partial charge in [-0.1, -0.05) is 18.2 Å². The van der Waals surface area contributed by atoms with Gasteiger partial charge in [0.05, 0.1) is 18.3 Å². The third kappa shape index (κ3) is 5.27. The molecule has 1 saturated heterocycles. The van der Waals surface area contributed by atoms with Gasteiger partial charge in [-0.25, -0.2) is 9.18 Å². The second kappa shape index (κ2) is 10.5. The number of nitrogens with zero attached hydrogens (tertiary/aromatic N) is 3. The van der Waals surface area contributed by atoms with Gasteiger partial charge in [0.1, 0.15) is 11.6 Å². The Balaban J connectivity index is 1.48. The fraction of sp³-hybridized carbons (Fsp3) is 0.346. The monoisotopic (exact) mass is 465 g/mol. The van der Waals surface area contributed by atoms with Crippen molar-refractivity contribution in [1.29, 1.82) is 0 Å². The van der Waals surface area contributed by atoms with Gasteiger partial charge in [-0.15, -0.1) is 0 Å². The molecule has 7 nitrogen and oxygen atoms in total. The van der Waals surface area contributed by atoms with E-state index in [0.29, 0.717) is 37.4 Å². The van der Waals surface area contributed by atoms with E-state index in [9.17, 15) is 14.0 Å². The molecule has 0 spiro atoms. The van der Waals surface area contributed by atoms with Gasteiger partial charge in [0.2, 0.25) is 0 Å². The first-order valence-electron chi connectivity index (χ1n) is 11.5. The number of hydrogen-bond donors (Lipinski definition) is 0. The van der Waals surface area contributed by atoms with Crippen LogP contribution in [0.3, 0.4) is 0 Å². The lowest BCUT2D eigenvalue weighted by molar-refractivity contribution is -0.139. The zero-order valence-electron chi connectivity index (χ0n) is 19.3. The number of ether oxygens (including phenoxy) is 2. The van der Waals surface area contributed by atoms with E-state index in [1.165, 1.54) is 12.1 Å². The second-order valence-electron chi connectivity index (χ2n) is 8.22. The number of benzene rings is 2. The molecular formula is C26H28FN3O4. The summed E-state index contributed by atoms with van der Waals surface area (Å²) in [5, 5.41) is 4.53. The van der Waals surface area contributed by atoms with E-state index < -0.39 is 12.1 Å². The molecule has 2 aromatic carbocycles. The van der Waals surface area contributed by atoms with E-state index in [2.05, 4.69) is 5.10 Å². The average molecular weight is 466 g/mol. The van der Waals surface area contributed by atoms with Gasteiger partial charge in [-0.05, 0) is 69.2 Å². The van der Waals surface area contributed by atoms with Crippen LogP contribution in [0.1, 0.15) is 43.2 Å². The van der Waals surface area contributed by atoms with Crippen molar-refractivity contribution in [3.8, 4) is 17.0 Å².